The highest BCUT2D eigenvalue weighted by atomic mass is 15.3. The van der Waals surface area contributed by atoms with E-state index >= 15 is 0 Å². The third-order valence-corrected chi connectivity index (χ3v) is 4.56. The predicted molar refractivity (Wildman–Crippen MR) is 105 cm³/mol. The Balaban J connectivity index is 1.67. The summed E-state index contributed by atoms with van der Waals surface area (Å²) in [5, 5.41) is 6.77. The van der Waals surface area contributed by atoms with Crippen LogP contribution in [0.5, 0.6) is 0 Å². The van der Waals surface area contributed by atoms with Gasteiger partial charge in [0.25, 0.3) is 0 Å². The van der Waals surface area contributed by atoms with E-state index in [-0.39, 0.29) is 0 Å². The Bertz CT molecular complexity index is 1110. The number of hydrazone groups is 1. The quantitative estimate of drug-likeness (QED) is 0.407. The van der Waals surface area contributed by atoms with Gasteiger partial charge in [0, 0.05) is 27.5 Å². The molecule has 2 aromatic carbocycles. The van der Waals surface area contributed by atoms with E-state index in [0.29, 0.717) is 0 Å². The summed E-state index contributed by atoms with van der Waals surface area (Å²) in [5.41, 5.74) is 9.77. The van der Waals surface area contributed by atoms with E-state index in [4.69, 9.17) is 4.98 Å². The lowest BCUT2D eigenvalue weighted by Gasteiger charge is -2.07. The van der Waals surface area contributed by atoms with Crippen molar-refractivity contribution in [3.05, 3.63) is 70.9 Å². The average molecular weight is 328 g/mol. The molecule has 0 saturated carbocycles. The first kappa shape index (κ1) is 15.4. The van der Waals surface area contributed by atoms with Gasteiger partial charge < -0.3 is 4.98 Å². The normalized spacial score (nSPS) is 11.6. The summed E-state index contributed by atoms with van der Waals surface area (Å²) in [6, 6.07) is 16.5. The van der Waals surface area contributed by atoms with Gasteiger partial charge in [-0.2, -0.15) is 5.10 Å². The summed E-state index contributed by atoms with van der Waals surface area (Å²) in [5.74, 6) is 0.757. The second kappa shape index (κ2) is 6.06. The molecule has 4 nitrogen and oxygen atoms in total. The molecule has 124 valence electrons. The van der Waals surface area contributed by atoms with Crippen molar-refractivity contribution in [2.45, 2.75) is 20.8 Å². The van der Waals surface area contributed by atoms with Crippen LogP contribution >= 0.6 is 0 Å². The molecule has 4 heteroatoms. The minimum absolute atomic E-state index is 0.757. The standard InChI is InChI=1S/C21H20N4/c1-13-7-6-9-16-14(2)11-20(24-21(13)16)25-22-12-18-15(3)23-19-10-5-4-8-17(18)19/h4-12,23H,1-3H3,(H,24,25)/b22-12+. The molecule has 0 aliphatic rings. The number of aryl methyl sites for hydroxylation is 3. The van der Waals surface area contributed by atoms with E-state index in [9.17, 15) is 0 Å². The summed E-state index contributed by atoms with van der Waals surface area (Å²) in [6.45, 7) is 6.24. The fourth-order valence-electron chi connectivity index (χ4n) is 3.25. The molecule has 2 aromatic heterocycles. The molecule has 4 rings (SSSR count). The van der Waals surface area contributed by atoms with Crippen LogP contribution in [0.15, 0.2) is 53.6 Å². The Morgan fingerprint density at radius 1 is 0.960 bits per heavy atom. The van der Waals surface area contributed by atoms with Gasteiger partial charge in [-0.15, -0.1) is 0 Å². The van der Waals surface area contributed by atoms with Crippen molar-refractivity contribution in [2.75, 3.05) is 5.43 Å². The number of aromatic nitrogens is 2. The van der Waals surface area contributed by atoms with Gasteiger partial charge >= 0.3 is 0 Å². The van der Waals surface area contributed by atoms with E-state index < -0.39 is 0 Å². The van der Waals surface area contributed by atoms with Crippen LogP contribution in [0.25, 0.3) is 21.8 Å². The topological polar surface area (TPSA) is 53.1 Å². The average Bonchev–Trinajstić information content (AvgIpc) is 2.92. The molecular weight excluding hydrogens is 308 g/mol. The SMILES string of the molecule is Cc1[nH]c2ccccc2c1/C=N/Nc1cc(C)c2cccc(C)c2n1. The van der Waals surface area contributed by atoms with Crippen molar-refractivity contribution < 1.29 is 0 Å². The number of nitrogens with one attached hydrogen (secondary N) is 2. The number of aromatic amines is 1. The van der Waals surface area contributed by atoms with Gasteiger partial charge in [-0.1, -0.05) is 36.4 Å². The second-order valence-corrected chi connectivity index (χ2v) is 6.37. The molecule has 0 fully saturated rings. The maximum Gasteiger partial charge on any atom is 0.147 e. The van der Waals surface area contributed by atoms with Crippen LogP contribution in [-0.2, 0) is 0 Å². The van der Waals surface area contributed by atoms with Crippen LogP contribution < -0.4 is 5.43 Å². The molecule has 0 radical (unpaired) electrons. The molecule has 4 aromatic rings. The number of hydrogen-bond donors (Lipinski definition) is 2. The van der Waals surface area contributed by atoms with Gasteiger partial charge in [-0.3, -0.25) is 5.43 Å². The number of fused-ring (bicyclic) bond motifs is 2. The maximum absolute atomic E-state index is 4.71. The molecular formula is C21H20N4. The Kier molecular flexibility index (Phi) is 3.73. The van der Waals surface area contributed by atoms with Crippen LogP contribution in [0, 0.1) is 20.8 Å². The maximum atomic E-state index is 4.71. The van der Waals surface area contributed by atoms with Crippen LogP contribution in [0.1, 0.15) is 22.4 Å². The van der Waals surface area contributed by atoms with Crippen molar-refractivity contribution in [2.24, 2.45) is 5.10 Å². The first-order chi connectivity index (χ1) is 12.1. The minimum atomic E-state index is 0.757. The summed E-state index contributed by atoms with van der Waals surface area (Å²) >= 11 is 0. The smallest absolute Gasteiger partial charge is 0.147 e. The Morgan fingerprint density at radius 2 is 1.76 bits per heavy atom. The number of benzene rings is 2. The van der Waals surface area contributed by atoms with Gasteiger partial charge in [0.15, 0.2) is 0 Å². The molecule has 0 bridgehead atoms. The minimum Gasteiger partial charge on any atom is -0.358 e. The third kappa shape index (κ3) is 2.76. The van der Waals surface area contributed by atoms with Crippen LogP contribution in [0.3, 0.4) is 0 Å². The number of hydrogen-bond acceptors (Lipinski definition) is 3. The van der Waals surface area contributed by atoms with Crippen molar-refractivity contribution in [1.82, 2.24) is 9.97 Å². The molecule has 2 N–H and O–H groups in total. The second-order valence-electron chi connectivity index (χ2n) is 6.37. The molecule has 0 amide bonds. The van der Waals surface area contributed by atoms with Gasteiger partial charge in [-0.05, 0) is 44.0 Å². The molecule has 0 unspecified atom stereocenters. The van der Waals surface area contributed by atoms with Crippen LogP contribution in [0.4, 0.5) is 5.82 Å². The van der Waals surface area contributed by atoms with Gasteiger partial charge in [0.2, 0.25) is 0 Å². The summed E-state index contributed by atoms with van der Waals surface area (Å²) in [7, 11) is 0. The number of H-pyrrole nitrogens is 1. The number of pyridine rings is 1. The Morgan fingerprint density at radius 3 is 2.64 bits per heavy atom. The molecule has 0 spiro atoms. The van der Waals surface area contributed by atoms with Crippen molar-refractivity contribution in [3.63, 3.8) is 0 Å². The molecule has 0 saturated heterocycles. The zero-order valence-corrected chi connectivity index (χ0v) is 14.6. The summed E-state index contributed by atoms with van der Waals surface area (Å²) in [4.78, 5) is 8.09. The first-order valence-electron chi connectivity index (χ1n) is 8.37. The largest absolute Gasteiger partial charge is 0.358 e. The van der Waals surface area contributed by atoms with Gasteiger partial charge in [-0.25, -0.2) is 4.98 Å². The highest BCUT2D eigenvalue weighted by Crippen LogP contribution is 2.23. The van der Waals surface area contributed by atoms with Crippen molar-refractivity contribution in [3.8, 4) is 0 Å². The Hall–Kier alpha value is -3.14. The molecule has 2 heterocycles. The van der Waals surface area contributed by atoms with Gasteiger partial charge in [0.05, 0.1) is 11.7 Å². The molecule has 0 aliphatic carbocycles. The molecule has 25 heavy (non-hydrogen) atoms. The monoisotopic (exact) mass is 328 g/mol. The van der Waals surface area contributed by atoms with Crippen molar-refractivity contribution in [1.29, 1.82) is 0 Å². The van der Waals surface area contributed by atoms with Crippen molar-refractivity contribution >= 4 is 33.8 Å². The van der Waals surface area contributed by atoms with Crippen LogP contribution in [0.2, 0.25) is 0 Å². The van der Waals surface area contributed by atoms with E-state index in [1.54, 1.807) is 0 Å². The number of nitrogens with zero attached hydrogens (tertiary/aromatic N) is 2. The zero-order valence-electron chi connectivity index (χ0n) is 14.6. The lowest BCUT2D eigenvalue weighted by Crippen LogP contribution is -1.96. The van der Waals surface area contributed by atoms with E-state index in [1.165, 1.54) is 21.9 Å². The third-order valence-electron chi connectivity index (χ3n) is 4.56. The van der Waals surface area contributed by atoms with E-state index in [2.05, 4.69) is 66.6 Å². The fourth-order valence-corrected chi connectivity index (χ4v) is 3.25. The van der Waals surface area contributed by atoms with Gasteiger partial charge in [0.1, 0.15) is 5.82 Å². The van der Waals surface area contributed by atoms with E-state index in [0.717, 1.165) is 28.1 Å². The lowest BCUT2D eigenvalue weighted by atomic mass is 10.1. The highest BCUT2D eigenvalue weighted by molar-refractivity contribution is 6.00. The summed E-state index contributed by atoms with van der Waals surface area (Å²) in [6.07, 6.45) is 1.85. The number of para-hydroxylation sites is 2. The van der Waals surface area contributed by atoms with E-state index in [1.807, 2.05) is 24.4 Å². The fraction of sp³-hybridized carbons (Fsp3) is 0.143. The predicted octanol–water partition coefficient (Wildman–Crippen LogP) is 5.09. The number of anilines is 1. The highest BCUT2D eigenvalue weighted by Gasteiger charge is 2.06. The zero-order chi connectivity index (χ0) is 17.4. The first-order valence-corrected chi connectivity index (χ1v) is 8.37. The number of rotatable bonds is 3. The molecule has 0 atom stereocenters. The van der Waals surface area contributed by atoms with Crippen LogP contribution in [-0.4, -0.2) is 16.2 Å². The lowest BCUT2D eigenvalue weighted by molar-refractivity contribution is 1.24. The molecule has 0 aliphatic heterocycles. The Labute approximate surface area is 146 Å². The summed E-state index contributed by atoms with van der Waals surface area (Å²) < 4.78 is 0.